The van der Waals surface area contributed by atoms with E-state index in [1.165, 1.54) is 4.90 Å². The van der Waals surface area contributed by atoms with E-state index < -0.39 is 17.6 Å². The van der Waals surface area contributed by atoms with E-state index in [9.17, 15) is 22.8 Å². The lowest BCUT2D eigenvalue weighted by Crippen LogP contribution is -2.34. The Labute approximate surface area is 124 Å². The number of likely N-dealkylation sites (tertiary alicyclic amines) is 1. The first kappa shape index (κ1) is 16.1. The summed E-state index contributed by atoms with van der Waals surface area (Å²) in [6, 6.07) is 4.09. The average Bonchev–Trinajstić information content (AvgIpc) is 2.94. The molecule has 0 bridgehead atoms. The van der Waals surface area contributed by atoms with Gasteiger partial charge in [0.25, 0.3) is 5.91 Å². The number of carbonyl (C=O) groups is 2. The van der Waals surface area contributed by atoms with E-state index in [0.29, 0.717) is 13.0 Å². The van der Waals surface area contributed by atoms with Crippen molar-refractivity contribution in [3.05, 3.63) is 29.8 Å². The summed E-state index contributed by atoms with van der Waals surface area (Å²) in [5.41, 5.74) is 4.39. The SMILES string of the molecule is NC(=O)C1CCN(C(=O)COc2ccc(C(F)(F)F)cc2)C1. The van der Waals surface area contributed by atoms with Crippen molar-refractivity contribution in [3.63, 3.8) is 0 Å². The van der Waals surface area contributed by atoms with Crippen LogP contribution in [0.2, 0.25) is 0 Å². The van der Waals surface area contributed by atoms with Gasteiger partial charge in [0.15, 0.2) is 6.61 Å². The lowest BCUT2D eigenvalue weighted by atomic mass is 10.1. The lowest BCUT2D eigenvalue weighted by molar-refractivity contribution is -0.137. The molecule has 1 aliphatic heterocycles. The Bertz CT molecular complexity index is 557. The third-order valence-corrected chi connectivity index (χ3v) is 3.49. The molecular formula is C14H15F3N2O3. The van der Waals surface area contributed by atoms with Gasteiger partial charge in [0.2, 0.25) is 5.91 Å². The normalized spacial score (nSPS) is 18.3. The van der Waals surface area contributed by atoms with Crippen molar-refractivity contribution in [2.75, 3.05) is 19.7 Å². The highest BCUT2D eigenvalue weighted by atomic mass is 19.4. The minimum atomic E-state index is -4.41. The molecule has 0 saturated carbocycles. The van der Waals surface area contributed by atoms with Crippen LogP contribution in [0.4, 0.5) is 13.2 Å². The molecule has 1 aromatic rings. The topological polar surface area (TPSA) is 72.6 Å². The van der Waals surface area contributed by atoms with Crippen LogP contribution < -0.4 is 10.5 Å². The maximum Gasteiger partial charge on any atom is 0.416 e. The van der Waals surface area contributed by atoms with Crippen LogP contribution in [0.5, 0.6) is 5.75 Å². The van der Waals surface area contributed by atoms with Gasteiger partial charge in [0.1, 0.15) is 5.75 Å². The molecule has 0 radical (unpaired) electrons. The van der Waals surface area contributed by atoms with Crippen LogP contribution in [0.25, 0.3) is 0 Å². The van der Waals surface area contributed by atoms with Gasteiger partial charge < -0.3 is 15.4 Å². The molecule has 1 fully saturated rings. The fourth-order valence-electron chi connectivity index (χ4n) is 2.20. The Morgan fingerprint density at radius 1 is 1.27 bits per heavy atom. The van der Waals surface area contributed by atoms with Gasteiger partial charge in [-0.3, -0.25) is 9.59 Å². The Morgan fingerprint density at radius 2 is 1.91 bits per heavy atom. The van der Waals surface area contributed by atoms with Crippen molar-refractivity contribution >= 4 is 11.8 Å². The Balaban J connectivity index is 1.85. The number of rotatable bonds is 4. The summed E-state index contributed by atoms with van der Waals surface area (Å²) in [6.45, 7) is 0.379. The molecule has 0 aromatic heterocycles. The zero-order chi connectivity index (χ0) is 16.3. The predicted octanol–water partition coefficient (Wildman–Crippen LogP) is 1.42. The highest BCUT2D eigenvalue weighted by Gasteiger charge is 2.31. The number of amides is 2. The maximum atomic E-state index is 12.4. The van der Waals surface area contributed by atoms with E-state index in [1.807, 2.05) is 0 Å². The number of hydrogen-bond donors (Lipinski definition) is 1. The number of benzene rings is 1. The van der Waals surface area contributed by atoms with E-state index >= 15 is 0 Å². The fourth-order valence-corrected chi connectivity index (χ4v) is 2.20. The van der Waals surface area contributed by atoms with E-state index in [4.69, 9.17) is 10.5 Å². The summed E-state index contributed by atoms with van der Waals surface area (Å²) in [6.07, 6.45) is -3.89. The Hall–Kier alpha value is -2.25. The van der Waals surface area contributed by atoms with Crippen molar-refractivity contribution in [2.24, 2.45) is 11.7 Å². The summed E-state index contributed by atoms with van der Waals surface area (Å²) in [5.74, 6) is -0.954. The van der Waals surface area contributed by atoms with Crippen LogP contribution in [-0.2, 0) is 15.8 Å². The van der Waals surface area contributed by atoms with Crippen molar-refractivity contribution in [2.45, 2.75) is 12.6 Å². The first-order valence-corrected chi connectivity index (χ1v) is 6.64. The van der Waals surface area contributed by atoms with Gasteiger partial charge in [0.05, 0.1) is 11.5 Å². The molecule has 0 aliphatic carbocycles. The van der Waals surface area contributed by atoms with Crippen molar-refractivity contribution in [3.8, 4) is 5.75 Å². The molecular weight excluding hydrogens is 301 g/mol. The van der Waals surface area contributed by atoms with Crippen molar-refractivity contribution < 1.29 is 27.5 Å². The maximum absolute atomic E-state index is 12.4. The molecule has 0 spiro atoms. The smallest absolute Gasteiger partial charge is 0.416 e. The summed E-state index contributed by atoms with van der Waals surface area (Å²) in [5, 5.41) is 0. The van der Waals surface area contributed by atoms with Gasteiger partial charge in [-0.1, -0.05) is 0 Å². The molecule has 1 aromatic carbocycles. The average molecular weight is 316 g/mol. The van der Waals surface area contributed by atoms with Gasteiger partial charge in [0, 0.05) is 13.1 Å². The Kier molecular flexibility index (Phi) is 4.58. The highest BCUT2D eigenvalue weighted by molar-refractivity contribution is 5.81. The summed E-state index contributed by atoms with van der Waals surface area (Å²) in [7, 11) is 0. The van der Waals surface area contributed by atoms with Gasteiger partial charge in [-0.25, -0.2) is 0 Å². The van der Waals surface area contributed by atoms with Crippen LogP contribution in [0, 0.1) is 5.92 Å². The molecule has 22 heavy (non-hydrogen) atoms. The molecule has 2 amide bonds. The number of halogens is 3. The highest BCUT2D eigenvalue weighted by Crippen LogP contribution is 2.30. The molecule has 1 heterocycles. The number of primary amides is 1. The number of ether oxygens (including phenoxy) is 1. The van der Waals surface area contributed by atoms with Gasteiger partial charge in [-0.15, -0.1) is 0 Å². The zero-order valence-corrected chi connectivity index (χ0v) is 11.6. The zero-order valence-electron chi connectivity index (χ0n) is 11.6. The van der Waals surface area contributed by atoms with E-state index in [1.54, 1.807) is 0 Å². The number of alkyl halides is 3. The molecule has 1 atom stereocenters. The van der Waals surface area contributed by atoms with Crippen LogP contribution in [-0.4, -0.2) is 36.4 Å². The molecule has 1 unspecified atom stereocenters. The second kappa shape index (κ2) is 6.25. The summed E-state index contributed by atoms with van der Waals surface area (Å²) < 4.78 is 42.4. The van der Waals surface area contributed by atoms with Crippen LogP contribution in [0.15, 0.2) is 24.3 Å². The van der Waals surface area contributed by atoms with Crippen molar-refractivity contribution in [1.82, 2.24) is 4.90 Å². The van der Waals surface area contributed by atoms with E-state index in [0.717, 1.165) is 24.3 Å². The van der Waals surface area contributed by atoms with Gasteiger partial charge in [-0.05, 0) is 30.7 Å². The monoisotopic (exact) mass is 316 g/mol. The first-order valence-electron chi connectivity index (χ1n) is 6.64. The number of nitrogens with zero attached hydrogens (tertiary/aromatic N) is 1. The fraction of sp³-hybridized carbons (Fsp3) is 0.429. The summed E-state index contributed by atoms with van der Waals surface area (Å²) in [4.78, 5) is 24.4. The van der Waals surface area contributed by atoms with Gasteiger partial charge in [-0.2, -0.15) is 13.2 Å². The lowest BCUT2D eigenvalue weighted by Gasteiger charge is -2.16. The Morgan fingerprint density at radius 3 is 2.41 bits per heavy atom. The van der Waals surface area contributed by atoms with E-state index in [-0.39, 0.29) is 30.7 Å². The standard InChI is InChI=1S/C14H15F3N2O3/c15-14(16,17)10-1-3-11(4-2-10)22-8-12(20)19-6-5-9(7-19)13(18)21/h1-4,9H,5-8H2,(H2,18,21). The molecule has 1 saturated heterocycles. The molecule has 2 N–H and O–H groups in total. The van der Waals surface area contributed by atoms with E-state index in [2.05, 4.69) is 0 Å². The molecule has 1 aliphatic rings. The van der Waals surface area contributed by atoms with Crippen LogP contribution in [0.3, 0.4) is 0 Å². The quantitative estimate of drug-likeness (QED) is 0.913. The number of carbonyl (C=O) groups excluding carboxylic acids is 2. The summed E-state index contributed by atoms with van der Waals surface area (Å²) >= 11 is 0. The molecule has 2 rings (SSSR count). The number of hydrogen-bond acceptors (Lipinski definition) is 3. The molecule has 5 nitrogen and oxygen atoms in total. The third kappa shape index (κ3) is 3.90. The van der Waals surface area contributed by atoms with Crippen LogP contribution in [0.1, 0.15) is 12.0 Å². The predicted molar refractivity (Wildman–Crippen MR) is 70.8 cm³/mol. The third-order valence-electron chi connectivity index (χ3n) is 3.49. The van der Waals surface area contributed by atoms with Gasteiger partial charge >= 0.3 is 6.18 Å². The number of nitrogens with two attached hydrogens (primary N) is 1. The minimum Gasteiger partial charge on any atom is -0.484 e. The van der Waals surface area contributed by atoms with Crippen molar-refractivity contribution in [1.29, 1.82) is 0 Å². The second-order valence-corrected chi connectivity index (χ2v) is 5.04. The first-order chi connectivity index (χ1) is 10.3. The largest absolute Gasteiger partial charge is 0.484 e. The van der Waals surface area contributed by atoms with Crippen LogP contribution >= 0.6 is 0 Å². The molecule has 120 valence electrons. The minimum absolute atomic E-state index is 0.173. The molecule has 8 heteroatoms. The second-order valence-electron chi connectivity index (χ2n) is 5.04.